The summed E-state index contributed by atoms with van der Waals surface area (Å²) in [6, 6.07) is 14.8. The highest BCUT2D eigenvalue weighted by molar-refractivity contribution is 5.81. The van der Waals surface area contributed by atoms with Crippen molar-refractivity contribution in [2.24, 2.45) is 0 Å². The van der Waals surface area contributed by atoms with E-state index < -0.39 is 24.4 Å². The number of alkyl carbamates (subject to hydrolysis) is 1. The Balaban J connectivity index is 1.67. The molecule has 7 nitrogen and oxygen atoms in total. The Hall–Kier alpha value is -2.90. The maximum absolute atomic E-state index is 12.2. The van der Waals surface area contributed by atoms with Crippen molar-refractivity contribution < 1.29 is 28.9 Å². The monoisotopic (exact) mass is 385 g/mol. The smallest absolute Gasteiger partial charge is 0.407 e. The molecule has 7 heteroatoms. The van der Waals surface area contributed by atoms with Crippen molar-refractivity contribution in [2.75, 3.05) is 20.8 Å². The number of aliphatic carboxylic acids is 1. The first kappa shape index (κ1) is 19.9. The summed E-state index contributed by atoms with van der Waals surface area (Å²) in [4.78, 5) is 23.6. The summed E-state index contributed by atoms with van der Waals surface area (Å²) >= 11 is 0. The molecule has 2 N–H and O–H groups in total. The van der Waals surface area contributed by atoms with E-state index in [2.05, 4.69) is 5.32 Å². The summed E-state index contributed by atoms with van der Waals surface area (Å²) in [7, 11) is 2.81. The Morgan fingerprint density at radius 1 is 1.00 bits per heavy atom. The van der Waals surface area contributed by atoms with Gasteiger partial charge in [-0.15, -0.1) is 0 Å². The van der Waals surface area contributed by atoms with E-state index in [4.69, 9.17) is 14.2 Å². The minimum Gasteiger partial charge on any atom is -0.480 e. The molecule has 0 unspecified atom stereocenters. The van der Waals surface area contributed by atoms with Crippen LogP contribution in [0.4, 0.5) is 4.79 Å². The lowest BCUT2D eigenvalue weighted by molar-refractivity contribution is -0.146. The summed E-state index contributed by atoms with van der Waals surface area (Å²) in [5, 5.41) is 11.7. The number of carbonyl (C=O) groups is 2. The fourth-order valence-corrected chi connectivity index (χ4v) is 3.48. The van der Waals surface area contributed by atoms with E-state index >= 15 is 0 Å². The van der Waals surface area contributed by atoms with Crippen LogP contribution in [0.3, 0.4) is 0 Å². The molecule has 0 spiro atoms. The largest absolute Gasteiger partial charge is 0.480 e. The van der Waals surface area contributed by atoms with Crippen LogP contribution in [-0.2, 0) is 19.0 Å². The third-order valence-electron chi connectivity index (χ3n) is 4.89. The van der Waals surface area contributed by atoms with Crippen LogP contribution in [0.2, 0.25) is 0 Å². The highest BCUT2D eigenvalue weighted by Crippen LogP contribution is 2.44. The van der Waals surface area contributed by atoms with Gasteiger partial charge in [0.15, 0.2) is 6.29 Å². The summed E-state index contributed by atoms with van der Waals surface area (Å²) < 4.78 is 15.4. The van der Waals surface area contributed by atoms with E-state index in [1.165, 1.54) is 14.2 Å². The lowest BCUT2D eigenvalue weighted by atomic mass is 9.98. The average Bonchev–Trinajstić information content (AvgIpc) is 3.03. The van der Waals surface area contributed by atoms with Crippen molar-refractivity contribution in [1.29, 1.82) is 0 Å². The normalized spacial score (nSPS) is 13.7. The number of carboxylic acid groups (broad SMARTS) is 1. The van der Waals surface area contributed by atoms with E-state index in [1.807, 2.05) is 48.5 Å². The minimum atomic E-state index is -1.19. The zero-order valence-corrected chi connectivity index (χ0v) is 15.8. The van der Waals surface area contributed by atoms with Gasteiger partial charge >= 0.3 is 12.1 Å². The van der Waals surface area contributed by atoms with Crippen LogP contribution in [0.15, 0.2) is 48.5 Å². The molecule has 3 rings (SSSR count). The topological polar surface area (TPSA) is 94.1 Å². The second-order valence-electron chi connectivity index (χ2n) is 6.50. The number of rotatable bonds is 8. The molecule has 1 atom stereocenters. The summed E-state index contributed by atoms with van der Waals surface area (Å²) in [5.41, 5.74) is 4.42. The summed E-state index contributed by atoms with van der Waals surface area (Å²) in [6.45, 7) is 0.115. The fourth-order valence-electron chi connectivity index (χ4n) is 3.48. The van der Waals surface area contributed by atoms with Gasteiger partial charge in [-0.1, -0.05) is 48.5 Å². The molecular formula is C21H23NO6. The zero-order valence-electron chi connectivity index (χ0n) is 15.8. The molecule has 0 radical (unpaired) electrons. The van der Waals surface area contributed by atoms with Crippen molar-refractivity contribution in [3.63, 3.8) is 0 Å². The first-order chi connectivity index (χ1) is 13.5. The van der Waals surface area contributed by atoms with E-state index in [9.17, 15) is 14.7 Å². The quantitative estimate of drug-likeness (QED) is 0.679. The number of ether oxygens (including phenoxy) is 3. The van der Waals surface area contributed by atoms with Crippen LogP contribution in [0.5, 0.6) is 0 Å². The molecule has 0 aliphatic heterocycles. The molecule has 28 heavy (non-hydrogen) atoms. The predicted octanol–water partition coefficient (Wildman–Crippen LogP) is 2.99. The van der Waals surface area contributed by atoms with Crippen LogP contribution in [0.1, 0.15) is 23.5 Å². The minimum absolute atomic E-state index is 0.0352. The fraction of sp³-hybridized carbons (Fsp3) is 0.333. The molecule has 2 aromatic rings. The zero-order chi connectivity index (χ0) is 20.1. The average molecular weight is 385 g/mol. The Kier molecular flexibility index (Phi) is 6.28. The first-order valence-corrected chi connectivity index (χ1v) is 8.95. The van der Waals surface area contributed by atoms with Gasteiger partial charge in [0.1, 0.15) is 12.6 Å². The van der Waals surface area contributed by atoms with E-state index in [0.29, 0.717) is 0 Å². The maximum atomic E-state index is 12.2. The van der Waals surface area contributed by atoms with Crippen LogP contribution in [-0.4, -0.2) is 50.3 Å². The van der Waals surface area contributed by atoms with Crippen LogP contribution in [0.25, 0.3) is 11.1 Å². The molecule has 2 aromatic carbocycles. The van der Waals surface area contributed by atoms with Crippen LogP contribution >= 0.6 is 0 Å². The Morgan fingerprint density at radius 2 is 1.54 bits per heavy atom. The highest BCUT2D eigenvalue weighted by atomic mass is 16.7. The molecule has 0 aromatic heterocycles. The number of hydrogen-bond donors (Lipinski definition) is 2. The van der Waals surface area contributed by atoms with E-state index in [-0.39, 0.29) is 18.9 Å². The number of fused-ring (bicyclic) bond motifs is 3. The number of carbonyl (C=O) groups excluding carboxylic acids is 1. The van der Waals surface area contributed by atoms with E-state index in [1.54, 1.807) is 0 Å². The van der Waals surface area contributed by atoms with Crippen molar-refractivity contribution in [3.8, 4) is 11.1 Å². The van der Waals surface area contributed by atoms with Crippen LogP contribution < -0.4 is 5.32 Å². The van der Waals surface area contributed by atoms with Gasteiger partial charge in [0.25, 0.3) is 0 Å². The van der Waals surface area contributed by atoms with Gasteiger partial charge in [0.05, 0.1) is 0 Å². The molecule has 1 aliphatic carbocycles. The molecule has 0 fully saturated rings. The number of hydrogen-bond acceptors (Lipinski definition) is 5. The molecule has 0 saturated heterocycles. The lowest BCUT2D eigenvalue weighted by Gasteiger charge is -2.20. The molecule has 1 amide bonds. The molecule has 0 heterocycles. The van der Waals surface area contributed by atoms with Crippen molar-refractivity contribution in [1.82, 2.24) is 5.32 Å². The number of methoxy groups -OCH3 is 2. The lowest BCUT2D eigenvalue weighted by Crippen LogP contribution is -2.44. The molecular weight excluding hydrogens is 362 g/mol. The Morgan fingerprint density at radius 3 is 2.04 bits per heavy atom. The molecule has 148 valence electrons. The number of carboxylic acids is 1. The van der Waals surface area contributed by atoms with Gasteiger partial charge in [-0.2, -0.15) is 0 Å². The van der Waals surface area contributed by atoms with Crippen molar-refractivity contribution in [3.05, 3.63) is 59.7 Å². The second-order valence-corrected chi connectivity index (χ2v) is 6.50. The number of amides is 1. The molecule has 0 bridgehead atoms. The SMILES string of the molecule is COC(C[C@H](NC(=O)OCC1c2ccccc2-c2ccccc21)C(=O)O)OC. The van der Waals surface area contributed by atoms with Gasteiger partial charge in [-0.25, -0.2) is 9.59 Å². The third kappa shape index (κ3) is 4.16. The third-order valence-corrected chi connectivity index (χ3v) is 4.89. The molecule has 0 saturated carbocycles. The Bertz CT molecular complexity index is 803. The summed E-state index contributed by atoms with van der Waals surface area (Å²) in [6.07, 6.45) is -1.57. The molecule has 1 aliphatic rings. The second kappa shape index (κ2) is 8.86. The van der Waals surface area contributed by atoms with Crippen LogP contribution in [0, 0.1) is 0 Å². The van der Waals surface area contributed by atoms with Gasteiger partial charge in [-0.3, -0.25) is 0 Å². The standard InChI is InChI=1S/C21H23NO6/c1-26-19(27-2)11-18(20(23)24)22-21(25)28-12-17-15-9-5-3-7-13(15)14-8-4-6-10-16(14)17/h3-10,17-19H,11-12H2,1-2H3,(H,22,25)(H,23,24)/t18-/m0/s1. The van der Waals surface area contributed by atoms with Gasteiger partial charge < -0.3 is 24.6 Å². The van der Waals surface area contributed by atoms with Gasteiger partial charge in [0.2, 0.25) is 0 Å². The highest BCUT2D eigenvalue weighted by Gasteiger charge is 2.30. The Labute approximate surface area is 163 Å². The maximum Gasteiger partial charge on any atom is 0.407 e. The van der Waals surface area contributed by atoms with Gasteiger partial charge in [-0.05, 0) is 22.3 Å². The van der Waals surface area contributed by atoms with Crippen molar-refractivity contribution in [2.45, 2.75) is 24.7 Å². The first-order valence-electron chi connectivity index (χ1n) is 8.95. The van der Waals surface area contributed by atoms with Gasteiger partial charge in [0, 0.05) is 26.6 Å². The predicted molar refractivity (Wildman–Crippen MR) is 102 cm³/mol. The number of nitrogens with one attached hydrogen (secondary N) is 1. The van der Waals surface area contributed by atoms with E-state index in [0.717, 1.165) is 22.3 Å². The van der Waals surface area contributed by atoms with Crippen molar-refractivity contribution >= 4 is 12.1 Å². The summed E-state index contributed by atoms with van der Waals surface area (Å²) in [5.74, 6) is -1.28. The number of benzene rings is 2.